The van der Waals surface area contributed by atoms with Gasteiger partial charge >= 0.3 is 5.97 Å². The third-order valence-corrected chi connectivity index (χ3v) is 6.91. The molecule has 3 aromatic carbocycles. The van der Waals surface area contributed by atoms with Gasteiger partial charge in [-0.05, 0) is 46.4 Å². The molecule has 0 aliphatic rings. The van der Waals surface area contributed by atoms with Gasteiger partial charge in [0.2, 0.25) is 0 Å². The molecule has 6 nitrogen and oxygen atoms in total. The number of carboxylic acid groups (broad SMARTS) is 1. The van der Waals surface area contributed by atoms with Crippen molar-refractivity contribution in [2.75, 3.05) is 0 Å². The van der Waals surface area contributed by atoms with E-state index >= 15 is 0 Å². The monoisotopic (exact) mass is 547 g/mol. The summed E-state index contributed by atoms with van der Waals surface area (Å²) >= 11 is 12.1. The second-order valence-electron chi connectivity index (χ2n) is 10.0. The van der Waals surface area contributed by atoms with E-state index in [1.165, 1.54) is 0 Å². The maximum atomic E-state index is 12.7. The van der Waals surface area contributed by atoms with Crippen LogP contribution in [0.3, 0.4) is 0 Å². The van der Waals surface area contributed by atoms with Crippen molar-refractivity contribution in [3.63, 3.8) is 0 Å². The van der Waals surface area contributed by atoms with Crippen molar-refractivity contribution in [3.8, 4) is 22.5 Å². The smallest absolute Gasteiger partial charge is 0.326 e. The van der Waals surface area contributed by atoms with E-state index in [1.54, 1.807) is 36.7 Å². The Kier molecular flexibility index (Phi) is 8.14. The van der Waals surface area contributed by atoms with Crippen LogP contribution in [0.5, 0.6) is 0 Å². The van der Waals surface area contributed by atoms with E-state index in [1.807, 2.05) is 42.5 Å². The van der Waals surface area contributed by atoms with E-state index < -0.39 is 17.9 Å². The van der Waals surface area contributed by atoms with Crippen molar-refractivity contribution in [3.05, 3.63) is 106 Å². The van der Waals surface area contributed by atoms with E-state index in [4.69, 9.17) is 23.2 Å². The first-order chi connectivity index (χ1) is 18.0. The third-order valence-electron chi connectivity index (χ3n) is 6.17. The molecule has 0 aliphatic carbocycles. The summed E-state index contributed by atoms with van der Waals surface area (Å²) in [7, 11) is 0. The molecule has 1 aromatic heterocycles. The van der Waals surface area contributed by atoms with Gasteiger partial charge in [0.15, 0.2) is 5.82 Å². The molecule has 0 bridgehead atoms. The van der Waals surface area contributed by atoms with Crippen molar-refractivity contribution < 1.29 is 14.7 Å². The lowest BCUT2D eigenvalue weighted by Crippen LogP contribution is -2.42. The van der Waals surface area contributed by atoms with Gasteiger partial charge in [-0.3, -0.25) is 4.79 Å². The molecule has 194 valence electrons. The molecule has 1 heterocycles. The quantitative estimate of drug-likeness (QED) is 0.264. The number of nitrogens with one attached hydrogen (secondary N) is 1. The zero-order chi connectivity index (χ0) is 27.4. The number of hydrogen-bond acceptors (Lipinski definition) is 4. The van der Waals surface area contributed by atoms with Gasteiger partial charge in [-0.15, -0.1) is 0 Å². The van der Waals surface area contributed by atoms with Gasteiger partial charge in [-0.25, -0.2) is 14.8 Å². The van der Waals surface area contributed by atoms with Crippen LogP contribution < -0.4 is 5.32 Å². The highest BCUT2D eigenvalue weighted by Gasteiger charge is 2.22. The third kappa shape index (κ3) is 6.57. The molecular weight excluding hydrogens is 521 g/mol. The fourth-order valence-corrected chi connectivity index (χ4v) is 4.19. The minimum absolute atomic E-state index is 0.0388. The predicted molar refractivity (Wildman–Crippen MR) is 151 cm³/mol. The average molecular weight is 548 g/mol. The molecule has 4 rings (SSSR count). The number of halogens is 2. The largest absolute Gasteiger partial charge is 0.480 e. The molecule has 0 fully saturated rings. The van der Waals surface area contributed by atoms with E-state index in [0.717, 1.165) is 27.8 Å². The molecule has 1 atom stereocenters. The van der Waals surface area contributed by atoms with E-state index in [2.05, 4.69) is 36.1 Å². The van der Waals surface area contributed by atoms with Gasteiger partial charge in [0.1, 0.15) is 6.04 Å². The molecule has 0 spiro atoms. The van der Waals surface area contributed by atoms with Crippen LogP contribution in [0, 0.1) is 0 Å². The highest BCUT2D eigenvalue weighted by molar-refractivity contribution is 6.42. The predicted octanol–water partition coefficient (Wildman–Crippen LogP) is 6.84. The number of hydrogen-bond donors (Lipinski definition) is 2. The number of nitrogens with zero attached hydrogens (tertiary/aromatic N) is 2. The second kappa shape index (κ2) is 11.3. The first-order valence-electron chi connectivity index (χ1n) is 12.0. The average Bonchev–Trinajstić information content (AvgIpc) is 2.90. The zero-order valence-corrected chi connectivity index (χ0v) is 22.7. The Hall–Kier alpha value is -3.74. The van der Waals surface area contributed by atoms with Crippen LogP contribution in [0.1, 0.15) is 42.3 Å². The standard InChI is InChI=1S/C30H27Cl2N3O3/c1-30(2,3)23-11-8-20(9-12-23)28(36)35-26(29(37)38)14-18-4-6-19(7-5-18)27-33-16-22(17-34-27)21-10-13-24(31)25(32)15-21/h4-13,15-17,26H,14H2,1-3H3,(H,35,36)(H,37,38). The molecule has 0 saturated carbocycles. The summed E-state index contributed by atoms with van der Waals surface area (Å²) in [6.07, 6.45) is 3.55. The maximum absolute atomic E-state index is 12.7. The number of aliphatic carboxylic acids is 1. The van der Waals surface area contributed by atoms with Gasteiger partial charge in [0, 0.05) is 35.5 Å². The van der Waals surface area contributed by atoms with Crippen LogP contribution in [0.2, 0.25) is 10.0 Å². The normalized spacial score (nSPS) is 12.1. The Bertz CT molecular complexity index is 1450. The Morgan fingerprint density at radius 3 is 2.00 bits per heavy atom. The number of carboxylic acids is 1. The lowest BCUT2D eigenvalue weighted by atomic mass is 9.86. The van der Waals surface area contributed by atoms with Gasteiger partial charge < -0.3 is 10.4 Å². The van der Waals surface area contributed by atoms with Gasteiger partial charge in [0.05, 0.1) is 10.0 Å². The number of carbonyl (C=O) groups is 2. The number of carbonyl (C=O) groups excluding carboxylic acids is 1. The number of aromatic nitrogens is 2. The molecule has 8 heteroatoms. The summed E-state index contributed by atoms with van der Waals surface area (Å²) in [6, 6.07) is 18.8. The minimum Gasteiger partial charge on any atom is -0.480 e. The van der Waals surface area contributed by atoms with Gasteiger partial charge in [0.25, 0.3) is 5.91 Å². The van der Waals surface area contributed by atoms with Crippen LogP contribution in [0.25, 0.3) is 22.5 Å². The van der Waals surface area contributed by atoms with E-state index in [-0.39, 0.29) is 11.8 Å². The number of amides is 1. The Balaban J connectivity index is 1.42. The maximum Gasteiger partial charge on any atom is 0.326 e. The Morgan fingerprint density at radius 2 is 1.45 bits per heavy atom. The number of benzene rings is 3. The Morgan fingerprint density at radius 1 is 0.842 bits per heavy atom. The minimum atomic E-state index is -1.10. The van der Waals surface area contributed by atoms with Gasteiger partial charge in [-0.2, -0.15) is 0 Å². The second-order valence-corrected chi connectivity index (χ2v) is 10.8. The van der Waals surface area contributed by atoms with Crippen LogP contribution in [-0.4, -0.2) is 33.0 Å². The lowest BCUT2D eigenvalue weighted by Gasteiger charge is -2.19. The van der Waals surface area contributed by atoms with Crippen molar-refractivity contribution in [2.24, 2.45) is 0 Å². The summed E-state index contributed by atoms with van der Waals surface area (Å²) < 4.78 is 0. The van der Waals surface area contributed by atoms with Crippen LogP contribution in [0.15, 0.2) is 79.1 Å². The zero-order valence-electron chi connectivity index (χ0n) is 21.2. The highest BCUT2D eigenvalue weighted by atomic mass is 35.5. The first-order valence-corrected chi connectivity index (χ1v) is 12.8. The molecular formula is C30H27Cl2N3O3. The molecule has 0 radical (unpaired) electrons. The molecule has 1 amide bonds. The fraction of sp³-hybridized carbons (Fsp3) is 0.200. The molecule has 0 aliphatic heterocycles. The van der Waals surface area contributed by atoms with Crippen LogP contribution >= 0.6 is 23.2 Å². The van der Waals surface area contributed by atoms with E-state index in [0.29, 0.717) is 21.4 Å². The molecule has 2 N–H and O–H groups in total. The summed E-state index contributed by atoms with van der Waals surface area (Å²) in [4.78, 5) is 33.5. The highest BCUT2D eigenvalue weighted by Crippen LogP contribution is 2.28. The SMILES string of the molecule is CC(C)(C)c1ccc(C(=O)NC(Cc2ccc(-c3ncc(-c4ccc(Cl)c(Cl)c4)cn3)cc2)C(=O)O)cc1. The fourth-order valence-electron chi connectivity index (χ4n) is 3.89. The van der Waals surface area contributed by atoms with Crippen molar-refractivity contribution in [2.45, 2.75) is 38.6 Å². The van der Waals surface area contributed by atoms with E-state index in [9.17, 15) is 14.7 Å². The molecule has 1 unspecified atom stereocenters. The van der Waals surface area contributed by atoms with Crippen molar-refractivity contribution >= 4 is 35.1 Å². The Labute approximate surface area is 231 Å². The molecule has 38 heavy (non-hydrogen) atoms. The van der Waals surface area contributed by atoms with Crippen LogP contribution in [0.4, 0.5) is 0 Å². The van der Waals surface area contributed by atoms with Crippen molar-refractivity contribution in [1.82, 2.24) is 15.3 Å². The topological polar surface area (TPSA) is 92.2 Å². The van der Waals surface area contributed by atoms with Gasteiger partial charge in [-0.1, -0.05) is 86.4 Å². The molecule has 0 saturated heterocycles. The molecule has 4 aromatic rings. The summed E-state index contributed by atoms with van der Waals surface area (Å²) in [5.41, 5.74) is 4.67. The first kappa shape index (κ1) is 27.3. The lowest BCUT2D eigenvalue weighted by molar-refractivity contribution is -0.139. The summed E-state index contributed by atoms with van der Waals surface area (Å²) in [6.45, 7) is 6.27. The number of rotatable bonds is 7. The summed E-state index contributed by atoms with van der Waals surface area (Å²) in [5, 5.41) is 13.3. The van der Waals surface area contributed by atoms with Crippen molar-refractivity contribution in [1.29, 1.82) is 0 Å². The summed E-state index contributed by atoms with van der Waals surface area (Å²) in [5.74, 6) is -0.998. The van der Waals surface area contributed by atoms with Crippen LogP contribution in [-0.2, 0) is 16.6 Å².